The molecule has 3 rings (SSSR count). The van der Waals surface area contributed by atoms with Crippen LogP contribution in [-0.2, 0) is 6.42 Å². The Morgan fingerprint density at radius 2 is 2.21 bits per heavy atom. The Kier molecular flexibility index (Phi) is 4.03. The Morgan fingerprint density at radius 3 is 3.00 bits per heavy atom. The molecule has 1 unspecified atom stereocenters. The number of para-hydroxylation sites is 1. The molecule has 1 aliphatic heterocycles. The molecule has 1 N–H and O–H groups in total. The van der Waals surface area contributed by atoms with E-state index in [1.54, 1.807) is 0 Å². The quantitative estimate of drug-likeness (QED) is 0.907. The second-order valence-corrected chi connectivity index (χ2v) is 5.90. The van der Waals surface area contributed by atoms with Crippen molar-refractivity contribution in [3.8, 4) is 0 Å². The summed E-state index contributed by atoms with van der Waals surface area (Å²) in [6.07, 6.45) is 3.19. The van der Waals surface area contributed by atoms with Gasteiger partial charge in [-0.3, -0.25) is 0 Å². The van der Waals surface area contributed by atoms with Crippen molar-refractivity contribution in [2.45, 2.75) is 24.5 Å². The summed E-state index contributed by atoms with van der Waals surface area (Å²) in [7, 11) is 0. The maximum atomic E-state index is 5.30. The highest BCUT2D eigenvalue weighted by Crippen LogP contribution is 2.38. The van der Waals surface area contributed by atoms with Gasteiger partial charge in [-0.2, -0.15) is 16.7 Å². The fourth-order valence-corrected chi connectivity index (χ4v) is 3.35. The topological polar surface area (TPSA) is 51.0 Å². The maximum absolute atomic E-state index is 5.30. The molecule has 0 aliphatic carbocycles. The number of nitrogens with zero attached hydrogens (tertiary/aromatic N) is 2. The minimum atomic E-state index is 0.444. The Bertz CT molecular complexity index is 508. The van der Waals surface area contributed by atoms with Gasteiger partial charge in [0.15, 0.2) is 5.82 Å². The third-order valence-electron chi connectivity index (χ3n) is 3.14. The summed E-state index contributed by atoms with van der Waals surface area (Å²) in [5, 5.41) is 7.87. The van der Waals surface area contributed by atoms with Crippen molar-refractivity contribution in [2.75, 3.05) is 17.6 Å². The molecule has 1 fully saturated rings. The Labute approximate surface area is 117 Å². The molecule has 1 aliphatic rings. The molecule has 1 aromatic heterocycles. The van der Waals surface area contributed by atoms with Crippen LogP contribution < -0.4 is 5.32 Å². The van der Waals surface area contributed by atoms with Crippen molar-refractivity contribution in [3.63, 3.8) is 0 Å². The SMILES string of the molecule is c1ccc(NCCc2nc(C3CCCS3)no2)cc1. The molecule has 0 amide bonds. The monoisotopic (exact) mass is 275 g/mol. The van der Waals surface area contributed by atoms with Crippen LogP contribution >= 0.6 is 11.8 Å². The number of anilines is 1. The van der Waals surface area contributed by atoms with E-state index < -0.39 is 0 Å². The lowest BCUT2D eigenvalue weighted by atomic mass is 10.2. The van der Waals surface area contributed by atoms with Crippen molar-refractivity contribution < 1.29 is 4.52 Å². The summed E-state index contributed by atoms with van der Waals surface area (Å²) in [5.41, 5.74) is 1.12. The van der Waals surface area contributed by atoms with Crippen LogP contribution in [0, 0.1) is 0 Å². The average molecular weight is 275 g/mol. The molecule has 5 heteroatoms. The molecule has 0 radical (unpaired) electrons. The standard InChI is InChI=1S/C14H17N3OS/c1-2-5-11(6-3-1)15-9-8-13-16-14(17-18-13)12-7-4-10-19-12/h1-3,5-6,12,15H,4,7-10H2. The lowest BCUT2D eigenvalue weighted by Crippen LogP contribution is -2.05. The normalized spacial score (nSPS) is 18.6. The van der Waals surface area contributed by atoms with Gasteiger partial charge in [-0.05, 0) is 30.7 Å². The number of benzene rings is 1. The fourth-order valence-electron chi connectivity index (χ4n) is 2.15. The average Bonchev–Trinajstić information content (AvgIpc) is 3.10. The molecule has 1 saturated heterocycles. The molecule has 0 spiro atoms. The third kappa shape index (κ3) is 3.29. The number of nitrogens with one attached hydrogen (secondary N) is 1. The van der Waals surface area contributed by atoms with Crippen molar-refractivity contribution in [1.82, 2.24) is 10.1 Å². The number of hydrogen-bond acceptors (Lipinski definition) is 5. The van der Waals surface area contributed by atoms with Crippen LogP contribution in [0.2, 0.25) is 0 Å². The molecule has 0 bridgehead atoms. The lowest BCUT2D eigenvalue weighted by molar-refractivity contribution is 0.374. The summed E-state index contributed by atoms with van der Waals surface area (Å²) in [6.45, 7) is 0.809. The van der Waals surface area contributed by atoms with Crippen LogP contribution in [0.5, 0.6) is 0 Å². The second kappa shape index (κ2) is 6.10. The zero-order chi connectivity index (χ0) is 12.9. The smallest absolute Gasteiger partial charge is 0.228 e. The third-order valence-corrected chi connectivity index (χ3v) is 4.52. The van der Waals surface area contributed by atoms with Gasteiger partial charge in [-0.1, -0.05) is 23.4 Å². The van der Waals surface area contributed by atoms with E-state index in [-0.39, 0.29) is 0 Å². The Hall–Kier alpha value is -1.49. The fraction of sp³-hybridized carbons (Fsp3) is 0.429. The van der Waals surface area contributed by atoms with Crippen LogP contribution in [0.1, 0.15) is 29.8 Å². The molecule has 4 nitrogen and oxygen atoms in total. The zero-order valence-electron chi connectivity index (χ0n) is 10.7. The first-order chi connectivity index (χ1) is 9.42. The summed E-state index contributed by atoms with van der Waals surface area (Å²) in [5.74, 6) is 2.81. The van der Waals surface area contributed by atoms with Crippen LogP contribution in [0.25, 0.3) is 0 Å². The van der Waals surface area contributed by atoms with E-state index in [9.17, 15) is 0 Å². The molecule has 100 valence electrons. The summed E-state index contributed by atoms with van der Waals surface area (Å²) >= 11 is 1.93. The number of aromatic nitrogens is 2. The van der Waals surface area contributed by atoms with Gasteiger partial charge < -0.3 is 9.84 Å². The van der Waals surface area contributed by atoms with E-state index in [2.05, 4.69) is 27.6 Å². The first kappa shape index (κ1) is 12.5. The first-order valence-electron chi connectivity index (χ1n) is 6.65. The highest BCUT2D eigenvalue weighted by molar-refractivity contribution is 7.99. The number of hydrogen-bond donors (Lipinski definition) is 1. The minimum Gasteiger partial charge on any atom is -0.385 e. The van der Waals surface area contributed by atoms with Crippen LogP contribution in [0.15, 0.2) is 34.9 Å². The highest BCUT2D eigenvalue weighted by Gasteiger charge is 2.22. The molecule has 2 heterocycles. The van der Waals surface area contributed by atoms with E-state index in [4.69, 9.17) is 4.52 Å². The van der Waals surface area contributed by atoms with E-state index in [0.29, 0.717) is 5.25 Å². The van der Waals surface area contributed by atoms with Gasteiger partial charge >= 0.3 is 0 Å². The molecule has 1 atom stereocenters. The van der Waals surface area contributed by atoms with Gasteiger partial charge in [0.1, 0.15) is 0 Å². The van der Waals surface area contributed by atoms with Crippen molar-refractivity contribution in [1.29, 1.82) is 0 Å². The van der Waals surface area contributed by atoms with Crippen molar-refractivity contribution >= 4 is 17.4 Å². The Balaban J connectivity index is 1.50. The maximum Gasteiger partial charge on any atom is 0.228 e. The van der Waals surface area contributed by atoms with Gasteiger partial charge in [0, 0.05) is 18.7 Å². The number of thioether (sulfide) groups is 1. The van der Waals surface area contributed by atoms with E-state index in [0.717, 1.165) is 30.4 Å². The molecule has 1 aromatic carbocycles. The van der Waals surface area contributed by atoms with Crippen molar-refractivity contribution in [2.24, 2.45) is 0 Å². The van der Waals surface area contributed by atoms with E-state index in [1.165, 1.54) is 18.6 Å². The molecular formula is C14H17N3OS. The molecule has 2 aromatic rings. The predicted molar refractivity (Wildman–Crippen MR) is 77.4 cm³/mol. The largest absolute Gasteiger partial charge is 0.385 e. The van der Waals surface area contributed by atoms with Gasteiger partial charge in [0.25, 0.3) is 0 Å². The second-order valence-electron chi connectivity index (χ2n) is 4.59. The Morgan fingerprint density at radius 1 is 1.32 bits per heavy atom. The van der Waals surface area contributed by atoms with Crippen LogP contribution in [-0.4, -0.2) is 22.4 Å². The predicted octanol–water partition coefficient (Wildman–Crippen LogP) is 3.29. The van der Waals surface area contributed by atoms with E-state index in [1.807, 2.05) is 30.0 Å². The minimum absolute atomic E-state index is 0.444. The summed E-state index contributed by atoms with van der Waals surface area (Å²) < 4.78 is 5.30. The van der Waals surface area contributed by atoms with Gasteiger partial charge in [-0.15, -0.1) is 0 Å². The first-order valence-corrected chi connectivity index (χ1v) is 7.70. The van der Waals surface area contributed by atoms with Crippen molar-refractivity contribution in [3.05, 3.63) is 42.0 Å². The van der Waals surface area contributed by atoms with E-state index >= 15 is 0 Å². The zero-order valence-corrected chi connectivity index (χ0v) is 11.5. The molecule has 0 saturated carbocycles. The highest BCUT2D eigenvalue weighted by atomic mass is 32.2. The van der Waals surface area contributed by atoms with Gasteiger partial charge in [0.2, 0.25) is 5.89 Å². The van der Waals surface area contributed by atoms with Gasteiger partial charge in [0.05, 0.1) is 5.25 Å². The molecular weight excluding hydrogens is 258 g/mol. The lowest BCUT2D eigenvalue weighted by Gasteiger charge is -2.03. The molecule has 19 heavy (non-hydrogen) atoms. The van der Waals surface area contributed by atoms with Crippen LogP contribution in [0.3, 0.4) is 0 Å². The van der Waals surface area contributed by atoms with Crippen LogP contribution in [0.4, 0.5) is 5.69 Å². The summed E-state index contributed by atoms with van der Waals surface area (Å²) in [6, 6.07) is 10.1. The van der Waals surface area contributed by atoms with Gasteiger partial charge in [-0.25, -0.2) is 0 Å². The number of rotatable bonds is 5. The summed E-state index contributed by atoms with van der Waals surface area (Å²) in [4.78, 5) is 4.48.